The fourth-order valence-corrected chi connectivity index (χ4v) is 3.54. The molecule has 21 heavy (non-hydrogen) atoms. The van der Waals surface area contributed by atoms with Crippen LogP contribution >= 0.6 is 12.4 Å². The summed E-state index contributed by atoms with van der Waals surface area (Å²) in [5, 5.41) is 12.7. The average molecular weight is 312 g/mol. The van der Waals surface area contributed by atoms with E-state index in [1.807, 2.05) is 18.2 Å². The van der Waals surface area contributed by atoms with Crippen molar-refractivity contribution in [1.82, 2.24) is 5.32 Å². The maximum absolute atomic E-state index is 11.2. The second kappa shape index (κ2) is 8.40. The van der Waals surface area contributed by atoms with Gasteiger partial charge in [-0.25, -0.2) is 0 Å². The number of carboxylic acids is 1. The van der Waals surface area contributed by atoms with Gasteiger partial charge in [0.2, 0.25) is 0 Å². The zero-order chi connectivity index (χ0) is 14.4. The van der Waals surface area contributed by atoms with Crippen LogP contribution in [0.25, 0.3) is 0 Å². The van der Waals surface area contributed by atoms with E-state index in [2.05, 4.69) is 24.4 Å². The highest BCUT2D eigenvalue weighted by Gasteiger charge is 2.36. The van der Waals surface area contributed by atoms with Gasteiger partial charge in [0.1, 0.15) is 0 Å². The van der Waals surface area contributed by atoms with E-state index in [1.54, 1.807) is 0 Å². The summed E-state index contributed by atoms with van der Waals surface area (Å²) < 4.78 is 0. The fraction of sp³-hybridized carbons (Fsp3) is 0.588. The van der Waals surface area contributed by atoms with E-state index in [4.69, 9.17) is 0 Å². The molecule has 118 valence electrons. The van der Waals surface area contributed by atoms with Crippen LogP contribution in [0.3, 0.4) is 0 Å². The smallest absolute Gasteiger partial charge is 0.303 e. The van der Waals surface area contributed by atoms with E-state index in [1.165, 1.54) is 12.0 Å². The van der Waals surface area contributed by atoms with Crippen molar-refractivity contribution < 1.29 is 9.90 Å². The summed E-state index contributed by atoms with van der Waals surface area (Å²) >= 11 is 0. The van der Waals surface area contributed by atoms with E-state index in [0.717, 1.165) is 32.4 Å². The molecule has 0 saturated heterocycles. The van der Waals surface area contributed by atoms with Crippen LogP contribution < -0.4 is 5.32 Å². The minimum atomic E-state index is -0.666. The zero-order valence-electron chi connectivity index (χ0n) is 12.7. The third-order valence-electron chi connectivity index (χ3n) is 4.38. The number of carboxylic acid groups (broad SMARTS) is 1. The summed E-state index contributed by atoms with van der Waals surface area (Å²) in [6, 6.07) is 10.3. The first kappa shape index (κ1) is 18.0. The molecule has 2 rings (SSSR count). The second-order valence-electron chi connectivity index (χ2n) is 6.36. The lowest BCUT2D eigenvalue weighted by Gasteiger charge is -2.39. The molecule has 2 atom stereocenters. The Morgan fingerprint density at radius 1 is 1.38 bits per heavy atom. The van der Waals surface area contributed by atoms with Gasteiger partial charge in [0, 0.05) is 13.1 Å². The van der Waals surface area contributed by atoms with Gasteiger partial charge in [-0.3, -0.25) is 4.79 Å². The van der Waals surface area contributed by atoms with E-state index >= 15 is 0 Å². The van der Waals surface area contributed by atoms with Gasteiger partial charge in [-0.2, -0.15) is 0 Å². The lowest BCUT2D eigenvalue weighted by Crippen LogP contribution is -2.39. The Bertz CT molecular complexity index is 438. The Morgan fingerprint density at radius 2 is 2.10 bits per heavy atom. The summed E-state index contributed by atoms with van der Waals surface area (Å²) in [7, 11) is 0. The summed E-state index contributed by atoms with van der Waals surface area (Å²) in [6.07, 6.45) is 4.74. The first-order valence-corrected chi connectivity index (χ1v) is 7.56. The van der Waals surface area contributed by atoms with Gasteiger partial charge >= 0.3 is 5.97 Å². The molecule has 0 bridgehead atoms. The van der Waals surface area contributed by atoms with Gasteiger partial charge in [-0.05, 0) is 29.7 Å². The SMILES string of the molecule is C[C@@H]1CCC[C@](CNCc2ccccc2)(CC(=O)O)C1.Cl. The van der Waals surface area contributed by atoms with Gasteiger partial charge in [0.05, 0.1) is 6.42 Å². The van der Waals surface area contributed by atoms with Crippen molar-refractivity contribution in [2.75, 3.05) is 6.54 Å². The Balaban J connectivity index is 0.00000220. The van der Waals surface area contributed by atoms with Gasteiger partial charge in [0.25, 0.3) is 0 Å². The van der Waals surface area contributed by atoms with Crippen LogP contribution in [0.2, 0.25) is 0 Å². The molecular weight excluding hydrogens is 286 g/mol. The molecular formula is C17H26ClNO2. The summed E-state index contributed by atoms with van der Waals surface area (Å²) in [5.74, 6) is -0.0257. The second-order valence-corrected chi connectivity index (χ2v) is 6.36. The molecule has 3 nitrogen and oxygen atoms in total. The maximum Gasteiger partial charge on any atom is 0.303 e. The molecule has 0 spiro atoms. The van der Waals surface area contributed by atoms with Crippen LogP contribution in [-0.4, -0.2) is 17.6 Å². The van der Waals surface area contributed by atoms with E-state index in [0.29, 0.717) is 12.3 Å². The quantitative estimate of drug-likeness (QED) is 0.838. The Hall–Kier alpha value is -1.06. The summed E-state index contributed by atoms with van der Waals surface area (Å²) in [6.45, 7) is 3.86. The highest BCUT2D eigenvalue weighted by Crippen LogP contribution is 2.41. The van der Waals surface area contributed by atoms with Crippen LogP contribution in [0.1, 0.15) is 44.6 Å². The molecule has 0 radical (unpaired) electrons. The molecule has 2 N–H and O–H groups in total. The Labute approximate surface area is 133 Å². The number of nitrogens with one attached hydrogen (secondary N) is 1. The average Bonchev–Trinajstić information content (AvgIpc) is 2.39. The summed E-state index contributed by atoms with van der Waals surface area (Å²) in [5.41, 5.74) is 1.19. The predicted octanol–water partition coefficient (Wildman–Crippen LogP) is 3.87. The third kappa shape index (κ3) is 5.68. The number of hydrogen-bond donors (Lipinski definition) is 2. The molecule has 1 saturated carbocycles. The highest BCUT2D eigenvalue weighted by atomic mass is 35.5. The lowest BCUT2D eigenvalue weighted by molar-refractivity contribution is -0.140. The van der Waals surface area contributed by atoms with Crippen molar-refractivity contribution in [3.63, 3.8) is 0 Å². The minimum Gasteiger partial charge on any atom is -0.481 e. The van der Waals surface area contributed by atoms with Crippen LogP contribution in [-0.2, 0) is 11.3 Å². The lowest BCUT2D eigenvalue weighted by atomic mass is 9.68. The topological polar surface area (TPSA) is 49.3 Å². The molecule has 0 heterocycles. The standard InChI is InChI=1S/C17H25NO2.ClH/c1-14-6-5-9-17(10-14,11-16(19)20)13-18-12-15-7-3-2-4-8-15;/h2-4,7-8,14,18H,5-6,9-13H2,1H3,(H,19,20);1H/t14-,17-;/m1./s1. The largest absolute Gasteiger partial charge is 0.481 e. The van der Waals surface area contributed by atoms with E-state index in [-0.39, 0.29) is 17.8 Å². The zero-order valence-corrected chi connectivity index (χ0v) is 13.5. The van der Waals surface area contributed by atoms with Crippen molar-refractivity contribution in [3.05, 3.63) is 35.9 Å². The molecule has 4 heteroatoms. The third-order valence-corrected chi connectivity index (χ3v) is 4.38. The molecule has 1 aromatic rings. The maximum atomic E-state index is 11.2. The van der Waals surface area contributed by atoms with Gasteiger partial charge < -0.3 is 10.4 Å². The van der Waals surface area contributed by atoms with Crippen molar-refractivity contribution in [2.45, 2.75) is 45.6 Å². The number of carbonyl (C=O) groups is 1. The fourth-order valence-electron chi connectivity index (χ4n) is 3.54. The molecule has 0 amide bonds. The van der Waals surface area contributed by atoms with E-state index < -0.39 is 5.97 Å². The molecule has 0 aliphatic heterocycles. The van der Waals surface area contributed by atoms with Crippen LogP contribution in [0, 0.1) is 11.3 Å². The molecule has 1 aromatic carbocycles. The van der Waals surface area contributed by atoms with Crippen LogP contribution in [0.15, 0.2) is 30.3 Å². The number of halogens is 1. The van der Waals surface area contributed by atoms with Crippen molar-refractivity contribution in [3.8, 4) is 0 Å². The first-order chi connectivity index (χ1) is 9.60. The van der Waals surface area contributed by atoms with Crippen molar-refractivity contribution in [2.24, 2.45) is 11.3 Å². The molecule has 1 aliphatic carbocycles. The van der Waals surface area contributed by atoms with E-state index in [9.17, 15) is 9.90 Å². The molecule has 1 fully saturated rings. The first-order valence-electron chi connectivity index (χ1n) is 7.56. The van der Waals surface area contributed by atoms with Gasteiger partial charge in [-0.1, -0.05) is 50.1 Å². The minimum absolute atomic E-state index is 0. The van der Waals surface area contributed by atoms with Gasteiger partial charge in [-0.15, -0.1) is 12.4 Å². The monoisotopic (exact) mass is 311 g/mol. The molecule has 1 aliphatic rings. The Kier molecular flexibility index (Phi) is 7.20. The number of rotatable bonds is 6. The number of benzene rings is 1. The van der Waals surface area contributed by atoms with Crippen molar-refractivity contribution >= 4 is 18.4 Å². The van der Waals surface area contributed by atoms with Gasteiger partial charge in [0.15, 0.2) is 0 Å². The summed E-state index contributed by atoms with van der Waals surface area (Å²) in [4.78, 5) is 11.2. The normalized spacial score (nSPS) is 25.1. The van der Waals surface area contributed by atoms with Crippen LogP contribution in [0.4, 0.5) is 0 Å². The van der Waals surface area contributed by atoms with Crippen LogP contribution in [0.5, 0.6) is 0 Å². The number of hydrogen-bond acceptors (Lipinski definition) is 2. The molecule has 0 aromatic heterocycles. The number of aliphatic carboxylic acids is 1. The highest BCUT2D eigenvalue weighted by molar-refractivity contribution is 5.85. The Morgan fingerprint density at radius 3 is 2.71 bits per heavy atom. The molecule has 0 unspecified atom stereocenters. The van der Waals surface area contributed by atoms with Crippen molar-refractivity contribution in [1.29, 1.82) is 0 Å². The predicted molar refractivity (Wildman–Crippen MR) is 87.7 cm³/mol.